The first-order chi connectivity index (χ1) is 9.99. The molecule has 0 bridgehead atoms. The molecule has 0 aliphatic rings. The molecule has 3 aromatic rings. The summed E-state index contributed by atoms with van der Waals surface area (Å²) in [5.41, 5.74) is 6.75. The van der Waals surface area contributed by atoms with Crippen molar-refractivity contribution in [2.45, 2.75) is 12.7 Å². The summed E-state index contributed by atoms with van der Waals surface area (Å²) in [6.45, 7) is 0.233. The predicted molar refractivity (Wildman–Crippen MR) is 78.6 cm³/mol. The third kappa shape index (κ3) is 2.90. The standard InChI is InChI=1S/C14H11F3N4.ClH/c15-14(16,17)10-3-1-9(2-4-10)13-20-11(8-18)7-12-19-5-6-21(12)13;/h1-7H,8,18H2;1H. The van der Waals surface area contributed by atoms with Gasteiger partial charge in [-0.1, -0.05) is 12.1 Å². The van der Waals surface area contributed by atoms with E-state index in [1.165, 1.54) is 12.1 Å². The van der Waals surface area contributed by atoms with Crippen LogP contribution in [0, 0.1) is 0 Å². The second kappa shape index (κ2) is 5.94. The molecule has 0 amide bonds. The summed E-state index contributed by atoms with van der Waals surface area (Å²) in [6.07, 6.45) is -1.05. The average molecular weight is 329 g/mol. The second-order valence-corrected chi connectivity index (χ2v) is 4.51. The van der Waals surface area contributed by atoms with Crippen molar-refractivity contribution in [2.75, 3.05) is 0 Å². The Labute approximate surface area is 130 Å². The van der Waals surface area contributed by atoms with Crippen molar-refractivity contribution in [3.05, 3.63) is 54.0 Å². The summed E-state index contributed by atoms with van der Waals surface area (Å²) in [6, 6.07) is 6.60. The molecule has 22 heavy (non-hydrogen) atoms. The first-order valence-electron chi connectivity index (χ1n) is 6.20. The van der Waals surface area contributed by atoms with Gasteiger partial charge in [-0.2, -0.15) is 13.2 Å². The Balaban J connectivity index is 0.00000176. The van der Waals surface area contributed by atoms with Gasteiger partial charge in [-0.3, -0.25) is 4.40 Å². The first kappa shape index (κ1) is 16.3. The van der Waals surface area contributed by atoms with E-state index in [9.17, 15) is 13.2 Å². The summed E-state index contributed by atoms with van der Waals surface area (Å²) in [7, 11) is 0. The zero-order valence-electron chi connectivity index (χ0n) is 11.2. The number of nitrogens with two attached hydrogens (primary N) is 1. The minimum absolute atomic E-state index is 0. The molecular formula is C14H12ClF3N4. The fraction of sp³-hybridized carbons (Fsp3) is 0.143. The van der Waals surface area contributed by atoms with Crippen molar-refractivity contribution < 1.29 is 13.2 Å². The van der Waals surface area contributed by atoms with Gasteiger partial charge in [0.05, 0.1) is 11.3 Å². The molecule has 0 saturated heterocycles. The number of imidazole rings is 1. The van der Waals surface area contributed by atoms with Crippen LogP contribution in [0.25, 0.3) is 17.0 Å². The molecule has 0 fully saturated rings. The van der Waals surface area contributed by atoms with Gasteiger partial charge in [0.2, 0.25) is 0 Å². The van der Waals surface area contributed by atoms with E-state index in [1.54, 1.807) is 22.9 Å². The zero-order chi connectivity index (χ0) is 15.0. The van der Waals surface area contributed by atoms with Crippen LogP contribution in [0.5, 0.6) is 0 Å². The van der Waals surface area contributed by atoms with Crippen LogP contribution in [0.15, 0.2) is 42.7 Å². The van der Waals surface area contributed by atoms with E-state index in [4.69, 9.17) is 5.73 Å². The van der Waals surface area contributed by atoms with Crippen LogP contribution < -0.4 is 5.73 Å². The van der Waals surface area contributed by atoms with Crippen LogP contribution >= 0.6 is 12.4 Å². The van der Waals surface area contributed by atoms with Gasteiger partial charge in [0.15, 0.2) is 0 Å². The molecule has 0 radical (unpaired) electrons. The van der Waals surface area contributed by atoms with Gasteiger partial charge in [-0.25, -0.2) is 9.97 Å². The van der Waals surface area contributed by atoms with Crippen LogP contribution in [-0.4, -0.2) is 14.4 Å². The first-order valence-corrected chi connectivity index (χ1v) is 6.20. The molecule has 2 N–H and O–H groups in total. The Morgan fingerprint density at radius 3 is 2.41 bits per heavy atom. The van der Waals surface area contributed by atoms with E-state index in [0.29, 0.717) is 22.7 Å². The van der Waals surface area contributed by atoms with Crippen LogP contribution in [-0.2, 0) is 12.7 Å². The summed E-state index contributed by atoms with van der Waals surface area (Å²) in [5, 5.41) is 0. The lowest BCUT2D eigenvalue weighted by Crippen LogP contribution is -2.06. The van der Waals surface area contributed by atoms with Crippen molar-refractivity contribution in [1.82, 2.24) is 14.4 Å². The monoisotopic (exact) mass is 328 g/mol. The maximum Gasteiger partial charge on any atom is 0.416 e. The maximum absolute atomic E-state index is 12.6. The van der Waals surface area contributed by atoms with Gasteiger partial charge in [0, 0.05) is 30.6 Å². The number of alkyl halides is 3. The molecule has 4 nitrogen and oxygen atoms in total. The van der Waals surface area contributed by atoms with Crippen LogP contribution in [0.1, 0.15) is 11.3 Å². The highest BCUT2D eigenvalue weighted by molar-refractivity contribution is 5.85. The van der Waals surface area contributed by atoms with E-state index < -0.39 is 11.7 Å². The fourth-order valence-corrected chi connectivity index (χ4v) is 2.09. The van der Waals surface area contributed by atoms with Crippen LogP contribution in [0.4, 0.5) is 13.2 Å². The van der Waals surface area contributed by atoms with Gasteiger partial charge in [0.25, 0.3) is 0 Å². The average Bonchev–Trinajstić information content (AvgIpc) is 2.93. The molecular weight excluding hydrogens is 317 g/mol. The molecule has 1 aromatic carbocycles. The Morgan fingerprint density at radius 1 is 1.14 bits per heavy atom. The lowest BCUT2D eigenvalue weighted by Gasteiger charge is -2.10. The number of fused-ring (bicyclic) bond motifs is 1. The highest BCUT2D eigenvalue weighted by Crippen LogP contribution is 2.30. The van der Waals surface area contributed by atoms with E-state index in [1.807, 2.05) is 0 Å². The molecule has 8 heteroatoms. The summed E-state index contributed by atoms with van der Waals surface area (Å²) < 4.78 is 39.5. The number of aromatic nitrogens is 3. The van der Waals surface area contributed by atoms with Gasteiger partial charge >= 0.3 is 6.18 Å². The number of hydrogen-bond acceptors (Lipinski definition) is 3. The Bertz CT molecular complexity index is 781. The summed E-state index contributed by atoms with van der Waals surface area (Å²) in [4.78, 5) is 8.53. The third-order valence-corrected chi connectivity index (χ3v) is 3.12. The van der Waals surface area contributed by atoms with Crippen molar-refractivity contribution >= 4 is 18.1 Å². The van der Waals surface area contributed by atoms with E-state index >= 15 is 0 Å². The number of nitrogens with zero attached hydrogens (tertiary/aromatic N) is 3. The number of hydrogen-bond donors (Lipinski definition) is 1. The van der Waals surface area contributed by atoms with E-state index in [-0.39, 0.29) is 19.0 Å². The van der Waals surface area contributed by atoms with E-state index in [0.717, 1.165) is 12.1 Å². The topological polar surface area (TPSA) is 56.2 Å². The van der Waals surface area contributed by atoms with Crippen molar-refractivity contribution in [3.8, 4) is 11.4 Å². The smallest absolute Gasteiger partial charge is 0.325 e. The molecule has 2 aromatic heterocycles. The van der Waals surface area contributed by atoms with Gasteiger partial charge in [-0.15, -0.1) is 12.4 Å². The Kier molecular flexibility index (Phi) is 4.39. The van der Waals surface area contributed by atoms with Crippen LogP contribution in [0.3, 0.4) is 0 Å². The quantitative estimate of drug-likeness (QED) is 0.785. The van der Waals surface area contributed by atoms with Gasteiger partial charge < -0.3 is 5.73 Å². The molecule has 116 valence electrons. The molecule has 0 aliphatic heterocycles. The fourth-order valence-electron chi connectivity index (χ4n) is 2.09. The zero-order valence-corrected chi connectivity index (χ0v) is 12.0. The number of halogens is 4. The Morgan fingerprint density at radius 2 is 1.82 bits per heavy atom. The molecule has 3 rings (SSSR count). The molecule has 0 spiro atoms. The highest BCUT2D eigenvalue weighted by Gasteiger charge is 2.30. The summed E-state index contributed by atoms with van der Waals surface area (Å²) >= 11 is 0. The molecule has 0 aliphatic carbocycles. The normalized spacial score (nSPS) is 11.5. The number of rotatable bonds is 2. The highest BCUT2D eigenvalue weighted by atomic mass is 35.5. The maximum atomic E-state index is 12.6. The van der Waals surface area contributed by atoms with Crippen molar-refractivity contribution in [3.63, 3.8) is 0 Å². The third-order valence-electron chi connectivity index (χ3n) is 3.12. The molecule has 0 atom stereocenters. The van der Waals surface area contributed by atoms with Crippen molar-refractivity contribution in [2.24, 2.45) is 5.73 Å². The second-order valence-electron chi connectivity index (χ2n) is 4.51. The molecule has 0 saturated carbocycles. The summed E-state index contributed by atoms with van der Waals surface area (Å²) in [5.74, 6) is 0.513. The number of benzene rings is 1. The van der Waals surface area contributed by atoms with Crippen LogP contribution in [0.2, 0.25) is 0 Å². The lowest BCUT2D eigenvalue weighted by atomic mass is 10.1. The van der Waals surface area contributed by atoms with E-state index in [2.05, 4.69) is 9.97 Å². The molecule has 0 unspecified atom stereocenters. The van der Waals surface area contributed by atoms with Gasteiger partial charge in [0.1, 0.15) is 11.5 Å². The Hall–Kier alpha value is -2.12. The SMILES string of the molecule is Cl.NCc1cc2nccn2c(-c2ccc(C(F)(F)F)cc2)n1. The van der Waals surface area contributed by atoms with Crippen molar-refractivity contribution in [1.29, 1.82) is 0 Å². The molecule has 2 heterocycles. The van der Waals surface area contributed by atoms with Gasteiger partial charge in [-0.05, 0) is 12.1 Å². The predicted octanol–water partition coefficient (Wildman–Crippen LogP) is 3.30. The lowest BCUT2D eigenvalue weighted by molar-refractivity contribution is -0.137. The minimum atomic E-state index is -4.35. The minimum Gasteiger partial charge on any atom is -0.325 e. The largest absolute Gasteiger partial charge is 0.416 e.